The van der Waals surface area contributed by atoms with Crippen molar-refractivity contribution in [2.45, 2.75) is 142 Å². The van der Waals surface area contributed by atoms with E-state index in [2.05, 4.69) is 83.1 Å². The molecule has 0 bridgehead atoms. The molecule has 0 nitrogen and oxygen atoms in total. The van der Waals surface area contributed by atoms with Gasteiger partial charge in [0.05, 0.1) is 0 Å². The predicted molar refractivity (Wildman–Crippen MR) is 144 cm³/mol. The highest BCUT2D eigenvalue weighted by Gasteiger charge is 2.51. The Balaban J connectivity index is 1.91. The lowest BCUT2D eigenvalue weighted by Crippen LogP contribution is -2.48. The Kier molecular flexibility index (Phi) is 6.31. The molecule has 0 spiro atoms. The van der Waals surface area contributed by atoms with E-state index >= 15 is 0 Å². The summed E-state index contributed by atoms with van der Waals surface area (Å²) < 4.78 is 0. The molecule has 2 atom stereocenters. The van der Waals surface area contributed by atoms with Crippen molar-refractivity contribution >= 4 is 23.2 Å². The Morgan fingerprint density at radius 2 is 0.906 bits per heavy atom. The molecular formula is C30H48Cl2. The molecule has 3 rings (SSSR count). The molecule has 0 N–H and O–H groups in total. The van der Waals surface area contributed by atoms with Crippen LogP contribution in [0.25, 0.3) is 0 Å². The summed E-state index contributed by atoms with van der Waals surface area (Å²) in [6.07, 6.45) is 6.92. The highest BCUT2D eigenvalue weighted by molar-refractivity contribution is 6.23. The van der Waals surface area contributed by atoms with Gasteiger partial charge in [0.2, 0.25) is 0 Å². The van der Waals surface area contributed by atoms with E-state index in [1.54, 1.807) is 33.4 Å². The molecule has 2 unspecified atom stereocenters. The van der Waals surface area contributed by atoms with Gasteiger partial charge in [0, 0.05) is 9.75 Å². The smallest absolute Gasteiger partial charge is 0.0395 e. The molecule has 182 valence electrons. The number of alkyl halides is 2. The zero-order valence-corrected chi connectivity index (χ0v) is 24.5. The number of halogens is 2. The third-order valence-corrected chi connectivity index (χ3v) is 8.40. The summed E-state index contributed by atoms with van der Waals surface area (Å²) in [5.41, 5.74) is 10.8. The Bertz CT molecular complexity index is 814. The van der Waals surface area contributed by atoms with E-state index in [-0.39, 0.29) is 31.4 Å². The van der Waals surface area contributed by atoms with Gasteiger partial charge in [-0.25, -0.2) is 0 Å². The van der Waals surface area contributed by atoms with Crippen molar-refractivity contribution in [1.29, 1.82) is 0 Å². The summed E-state index contributed by atoms with van der Waals surface area (Å²) in [7, 11) is 0. The minimum Gasteiger partial charge on any atom is -0.120 e. The van der Waals surface area contributed by atoms with E-state index in [4.69, 9.17) is 23.2 Å². The molecular weight excluding hydrogens is 431 g/mol. The first-order chi connectivity index (χ1) is 14.1. The summed E-state index contributed by atoms with van der Waals surface area (Å²) in [6, 6.07) is 0. The van der Waals surface area contributed by atoms with E-state index in [1.807, 2.05) is 0 Å². The fraction of sp³-hybridized carbons (Fsp3) is 0.800. The lowest BCUT2D eigenvalue weighted by Gasteiger charge is -2.55. The first kappa shape index (κ1) is 26.4. The van der Waals surface area contributed by atoms with Crippen LogP contribution in [0.3, 0.4) is 0 Å². The van der Waals surface area contributed by atoms with Gasteiger partial charge in [0.15, 0.2) is 0 Å². The van der Waals surface area contributed by atoms with Crippen molar-refractivity contribution in [2.75, 3.05) is 0 Å². The molecule has 1 aromatic rings. The number of hydrogen-bond acceptors (Lipinski definition) is 0. The zero-order chi connectivity index (χ0) is 24.7. The van der Waals surface area contributed by atoms with Crippen molar-refractivity contribution in [3.63, 3.8) is 0 Å². The zero-order valence-electron chi connectivity index (χ0n) is 23.0. The van der Waals surface area contributed by atoms with Gasteiger partial charge in [-0.3, -0.25) is 0 Å². The fourth-order valence-corrected chi connectivity index (χ4v) is 9.49. The molecule has 2 aliphatic carbocycles. The summed E-state index contributed by atoms with van der Waals surface area (Å²) in [5.74, 6) is 0. The molecule has 0 amide bonds. The van der Waals surface area contributed by atoms with E-state index in [9.17, 15) is 0 Å². The Morgan fingerprint density at radius 3 is 1.16 bits per heavy atom. The lowest BCUT2D eigenvalue weighted by molar-refractivity contribution is 0.183. The number of fused-ring (bicyclic) bond motifs is 2. The third kappa shape index (κ3) is 5.07. The quantitative estimate of drug-likeness (QED) is 0.326. The molecule has 0 fully saturated rings. The van der Waals surface area contributed by atoms with E-state index < -0.39 is 0 Å². The average Bonchev–Trinajstić information content (AvgIpc) is 2.43. The van der Waals surface area contributed by atoms with Crippen molar-refractivity contribution in [1.82, 2.24) is 0 Å². The van der Waals surface area contributed by atoms with Crippen molar-refractivity contribution in [3.05, 3.63) is 33.4 Å². The van der Waals surface area contributed by atoms with Crippen LogP contribution in [0.2, 0.25) is 0 Å². The first-order valence-corrected chi connectivity index (χ1v) is 13.4. The molecule has 0 saturated heterocycles. The van der Waals surface area contributed by atoms with Crippen LogP contribution in [0.4, 0.5) is 0 Å². The molecule has 2 aliphatic rings. The minimum atomic E-state index is -0.149. The SMILES string of the molecule is Cc1c2c(c(C)c3c1C(C)(CC(C)(C)CC(C)(C)Cl)C3)C(C)(CC(C)(C)CC(C)(C)Cl)C2. The van der Waals surface area contributed by atoms with Crippen LogP contribution in [-0.4, -0.2) is 9.75 Å². The minimum absolute atomic E-state index is 0.149. The monoisotopic (exact) mass is 478 g/mol. The largest absolute Gasteiger partial charge is 0.120 e. The Labute approximate surface area is 209 Å². The van der Waals surface area contributed by atoms with Crippen LogP contribution in [0.5, 0.6) is 0 Å². The van der Waals surface area contributed by atoms with Crippen molar-refractivity contribution in [3.8, 4) is 0 Å². The van der Waals surface area contributed by atoms with Crippen molar-refractivity contribution < 1.29 is 0 Å². The lowest BCUT2D eigenvalue weighted by atomic mass is 9.50. The molecule has 0 radical (unpaired) electrons. The van der Waals surface area contributed by atoms with Gasteiger partial charge < -0.3 is 0 Å². The Hall–Kier alpha value is -0.200. The summed E-state index contributed by atoms with van der Waals surface area (Å²) in [5, 5.41) is 0. The van der Waals surface area contributed by atoms with E-state index in [0.29, 0.717) is 0 Å². The van der Waals surface area contributed by atoms with Gasteiger partial charge in [0.1, 0.15) is 0 Å². The van der Waals surface area contributed by atoms with Crippen LogP contribution in [-0.2, 0) is 23.7 Å². The van der Waals surface area contributed by atoms with Crippen LogP contribution in [0.15, 0.2) is 0 Å². The first-order valence-electron chi connectivity index (χ1n) is 12.6. The molecule has 32 heavy (non-hydrogen) atoms. The predicted octanol–water partition coefficient (Wildman–Crippen LogP) is 9.58. The maximum atomic E-state index is 6.64. The second kappa shape index (κ2) is 7.65. The third-order valence-electron chi connectivity index (χ3n) is 8.14. The van der Waals surface area contributed by atoms with Gasteiger partial charge in [-0.15, -0.1) is 23.2 Å². The molecule has 0 saturated carbocycles. The van der Waals surface area contributed by atoms with Gasteiger partial charge in [-0.2, -0.15) is 0 Å². The van der Waals surface area contributed by atoms with Gasteiger partial charge in [-0.05, 0) is 135 Å². The molecule has 1 aromatic carbocycles. The van der Waals surface area contributed by atoms with Gasteiger partial charge in [-0.1, -0.05) is 41.5 Å². The maximum absolute atomic E-state index is 6.64. The molecule has 0 aromatic heterocycles. The van der Waals surface area contributed by atoms with Crippen LogP contribution < -0.4 is 0 Å². The van der Waals surface area contributed by atoms with Crippen LogP contribution in [0, 0.1) is 24.7 Å². The van der Waals surface area contributed by atoms with Crippen molar-refractivity contribution in [2.24, 2.45) is 10.8 Å². The average molecular weight is 480 g/mol. The molecule has 0 heterocycles. The van der Waals surface area contributed by atoms with E-state index in [1.165, 1.54) is 25.7 Å². The summed E-state index contributed by atoms with van der Waals surface area (Å²) in [6.45, 7) is 28.0. The fourth-order valence-electron chi connectivity index (χ4n) is 8.76. The molecule has 0 aliphatic heterocycles. The highest BCUT2D eigenvalue weighted by Crippen LogP contribution is 2.59. The maximum Gasteiger partial charge on any atom is 0.0395 e. The van der Waals surface area contributed by atoms with Crippen LogP contribution in [0.1, 0.15) is 128 Å². The summed E-state index contributed by atoms with van der Waals surface area (Å²) >= 11 is 13.3. The normalized spacial score (nSPS) is 25.7. The topological polar surface area (TPSA) is 0 Å². The molecule has 2 heteroatoms. The summed E-state index contributed by atoms with van der Waals surface area (Å²) in [4.78, 5) is -0.297. The number of benzene rings is 1. The van der Waals surface area contributed by atoms with E-state index in [0.717, 1.165) is 12.8 Å². The highest BCUT2D eigenvalue weighted by atomic mass is 35.5. The van der Waals surface area contributed by atoms with Gasteiger partial charge in [0.25, 0.3) is 0 Å². The number of rotatable bonds is 8. The second-order valence-corrected chi connectivity index (χ2v) is 17.0. The Morgan fingerprint density at radius 1 is 0.625 bits per heavy atom. The number of hydrogen-bond donors (Lipinski definition) is 0. The second-order valence-electron chi connectivity index (χ2n) is 14.9. The standard InChI is InChI=1S/C30H48Cl2/c1-19-21-13-30(12,18-26(5,6)16-28(9,10)32)24(21)20(2)22-14-29(11,23(19)22)17-25(3,4)15-27(7,8)31/h13-18H2,1-12H3. The van der Waals surface area contributed by atoms with Crippen LogP contribution >= 0.6 is 23.2 Å². The van der Waals surface area contributed by atoms with Gasteiger partial charge >= 0.3 is 0 Å².